The molecule has 0 aliphatic carbocycles. The van der Waals surface area contributed by atoms with Gasteiger partial charge in [0.25, 0.3) is 0 Å². The van der Waals surface area contributed by atoms with Gasteiger partial charge in [-0.25, -0.2) is 0 Å². The summed E-state index contributed by atoms with van der Waals surface area (Å²) in [5.41, 5.74) is 0.581. The molecule has 1 aliphatic heterocycles. The lowest BCUT2D eigenvalue weighted by Crippen LogP contribution is -2.42. The van der Waals surface area contributed by atoms with Crippen LogP contribution >= 0.6 is 11.6 Å². The Morgan fingerprint density at radius 3 is 3.21 bits per heavy atom. The van der Waals surface area contributed by atoms with E-state index in [2.05, 4.69) is 25.5 Å². The molecule has 19 heavy (non-hydrogen) atoms. The Bertz CT molecular complexity index is 627. The largest absolute Gasteiger partial charge is 0.357 e. The molecule has 3 heterocycles. The van der Waals surface area contributed by atoms with E-state index >= 15 is 0 Å². The lowest BCUT2D eigenvalue weighted by Gasteiger charge is -2.24. The van der Waals surface area contributed by atoms with Gasteiger partial charge in [0.2, 0.25) is 11.2 Å². The van der Waals surface area contributed by atoms with Crippen LogP contribution in [0.25, 0.3) is 11.0 Å². The van der Waals surface area contributed by atoms with Crippen molar-refractivity contribution >= 4 is 34.4 Å². The molecular formula is C11H13ClN6O. The third-order valence-corrected chi connectivity index (χ3v) is 3.51. The quantitative estimate of drug-likeness (QED) is 0.792. The van der Waals surface area contributed by atoms with Crippen LogP contribution in [0.3, 0.4) is 0 Å². The van der Waals surface area contributed by atoms with Crippen LogP contribution in [0, 0.1) is 0 Å². The number of carbonyl (C=O) groups excluding carboxylic acids is 1. The van der Waals surface area contributed by atoms with Crippen molar-refractivity contribution in [1.29, 1.82) is 0 Å². The van der Waals surface area contributed by atoms with Crippen molar-refractivity contribution in [1.82, 2.24) is 25.5 Å². The van der Waals surface area contributed by atoms with Crippen LogP contribution in [0.1, 0.15) is 12.8 Å². The highest BCUT2D eigenvalue weighted by molar-refractivity contribution is 6.28. The molecule has 0 spiro atoms. The molecule has 2 N–H and O–H groups in total. The van der Waals surface area contributed by atoms with E-state index in [0.29, 0.717) is 11.5 Å². The molecule has 8 heteroatoms. The lowest BCUT2D eigenvalue weighted by atomic mass is 10.2. The number of anilines is 1. The van der Waals surface area contributed by atoms with Crippen LogP contribution in [-0.2, 0) is 4.79 Å². The normalized spacial score (nSPS) is 19.1. The fourth-order valence-corrected chi connectivity index (χ4v) is 2.64. The Labute approximate surface area is 114 Å². The second kappa shape index (κ2) is 4.65. The van der Waals surface area contributed by atoms with Crippen LogP contribution in [-0.4, -0.2) is 45.7 Å². The average molecular weight is 281 g/mol. The molecule has 7 nitrogen and oxygen atoms in total. The van der Waals surface area contributed by atoms with Crippen molar-refractivity contribution in [2.24, 2.45) is 0 Å². The number of carbonyl (C=O) groups is 1. The van der Waals surface area contributed by atoms with E-state index in [1.54, 1.807) is 13.2 Å². The van der Waals surface area contributed by atoms with Gasteiger partial charge in [0.1, 0.15) is 11.9 Å². The number of halogens is 1. The first kappa shape index (κ1) is 12.2. The minimum absolute atomic E-state index is 0.0103. The van der Waals surface area contributed by atoms with Crippen molar-refractivity contribution < 1.29 is 4.79 Å². The zero-order valence-electron chi connectivity index (χ0n) is 10.4. The highest BCUT2D eigenvalue weighted by Crippen LogP contribution is 2.30. The van der Waals surface area contributed by atoms with E-state index in [9.17, 15) is 4.79 Å². The molecule has 2 aromatic heterocycles. The second-order valence-corrected chi connectivity index (χ2v) is 4.75. The second-order valence-electron chi connectivity index (χ2n) is 4.41. The predicted molar refractivity (Wildman–Crippen MR) is 71.1 cm³/mol. The first-order chi connectivity index (χ1) is 9.20. The molecule has 0 bridgehead atoms. The van der Waals surface area contributed by atoms with Gasteiger partial charge < -0.3 is 10.2 Å². The number of amides is 1. The molecule has 1 atom stereocenters. The van der Waals surface area contributed by atoms with Gasteiger partial charge in [-0.3, -0.25) is 9.89 Å². The number of H-pyrrole nitrogens is 1. The predicted octanol–water partition coefficient (Wildman–Crippen LogP) is 0.721. The third-order valence-electron chi connectivity index (χ3n) is 3.34. The van der Waals surface area contributed by atoms with E-state index in [-0.39, 0.29) is 17.2 Å². The summed E-state index contributed by atoms with van der Waals surface area (Å²) < 4.78 is 0. The number of fused-ring (bicyclic) bond motifs is 1. The Morgan fingerprint density at radius 2 is 2.42 bits per heavy atom. The third kappa shape index (κ3) is 1.99. The minimum atomic E-state index is -0.214. The molecule has 1 fully saturated rings. The molecular weight excluding hydrogens is 268 g/mol. The summed E-state index contributed by atoms with van der Waals surface area (Å²) in [6, 6.07) is -0.214. The maximum absolute atomic E-state index is 11.9. The fraction of sp³-hybridized carbons (Fsp3) is 0.455. The number of rotatable bonds is 2. The molecule has 1 amide bonds. The minimum Gasteiger partial charge on any atom is -0.357 e. The Balaban J connectivity index is 2.08. The maximum Gasteiger partial charge on any atom is 0.242 e. The van der Waals surface area contributed by atoms with Crippen LogP contribution in [0.2, 0.25) is 5.28 Å². The first-order valence-electron chi connectivity index (χ1n) is 6.05. The number of nitrogens with zero attached hydrogens (tertiary/aromatic N) is 4. The van der Waals surface area contributed by atoms with E-state index in [4.69, 9.17) is 11.6 Å². The number of likely N-dealkylation sites (N-methyl/N-ethyl adjacent to an activating group) is 1. The monoisotopic (exact) mass is 280 g/mol. The molecule has 3 rings (SSSR count). The van der Waals surface area contributed by atoms with Crippen molar-refractivity contribution in [2.75, 3.05) is 18.5 Å². The number of hydrogen-bond donors (Lipinski definition) is 2. The van der Waals surface area contributed by atoms with Crippen LogP contribution in [0.4, 0.5) is 5.82 Å². The topological polar surface area (TPSA) is 86.8 Å². The van der Waals surface area contributed by atoms with Gasteiger partial charge in [-0.15, -0.1) is 0 Å². The Hall–Kier alpha value is -1.89. The van der Waals surface area contributed by atoms with Gasteiger partial charge in [-0.2, -0.15) is 15.1 Å². The molecule has 100 valence electrons. The van der Waals surface area contributed by atoms with Gasteiger partial charge >= 0.3 is 0 Å². The van der Waals surface area contributed by atoms with Gasteiger partial charge in [0.15, 0.2) is 5.65 Å². The summed E-state index contributed by atoms with van der Waals surface area (Å²) in [6.07, 6.45) is 3.40. The standard InChI is InChI=1S/C11H13ClN6O/c1-13-10(19)7-3-2-4-18(7)9-6-5-14-17-8(6)15-11(12)16-9/h5,7H,2-4H2,1H3,(H,13,19)(H,14,15,16,17). The van der Waals surface area contributed by atoms with Crippen LogP contribution < -0.4 is 10.2 Å². The zero-order valence-corrected chi connectivity index (χ0v) is 11.1. The number of hydrogen-bond acceptors (Lipinski definition) is 5. The van der Waals surface area contributed by atoms with Crippen molar-refractivity contribution in [3.05, 3.63) is 11.5 Å². The first-order valence-corrected chi connectivity index (χ1v) is 6.43. The number of aromatic amines is 1. The molecule has 1 aliphatic rings. The lowest BCUT2D eigenvalue weighted by molar-refractivity contribution is -0.121. The average Bonchev–Trinajstić information content (AvgIpc) is 3.04. The smallest absolute Gasteiger partial charge is 0.242 e. The Kier molecular flexibility index (Phi) is 2.98. The van der Waals surface area contributed by atoms with Gasteiger partial charge in [0, 0.05) is 13.6 Å². The van der Waals surface area contributed by atoms with Gasteiger partial charge in [0.05, 0.1) is 11.6 Å². The highest BCUT2D eigenvalue weighted by Gasteiger charge is 2.32. The van der Waals surface area contributed by atoms with E-state index in [1.807, 2.05) is 4.90 Å². The van der Waals surface area contributed by atoms with E-state index < -0.39 is 0 Å². The maximum atomic E-state index is 11.9. The molecule has 0 aromatic carbocycles. The molecule has 1 saturated heterocycles. The molecule has 1 unspecified atom stereocenters. The Morgan fingerprint density at radius 1 is 1.58 bits per heavy atom. The number of nitrogens with one attached hydrogen (secondary N) is 2. The summed E-state index contributed by atoms with van der Waals surface area (Å²) in [6.45, 7) is 0.770. The van der Waals surface area contributed by atoms with E-state index in [0.717, 1.165) is 24.8 Å². The zero-order chi connectivity index (χ0) is 13.4. The van der Waals surface area contributed by atoms with E-state index in [1.165, 1.54) is 0 Å². The van der Waals surface area contributed by atoms with Crippen molar-refractivity contribution in [3.8, 4) is 0 Å². The molecule has 2 aromatic rings. The molecule has 0 saturated carbocycles. The fourth-order valence-electron chi connectivity index (χ4n) is 2.47. The van der Waals surface area contributed by atoms with Crippen molar-refractivity contribution in [3.63, 3.8) is 0 Å². The summed E-state index contributed by atoms with van der Waals surface area (Å²) in [5, 5.41) is 10.3. The van der Waals surface area contributed by atoms with Gasteiger partial charge in [-0.1, -0.05) is 0 Å². The summed E-state index contributed by atoms with van der Waals surface area (Å²) in [5.74, 6) is 0.652. The highest BCUT2D eigenvalue weighted by atomic mass is 35.5. The van der Waals surface area contributed by atoms with Crippen LogP contribution in [0.5, 0.6) is 0 Å². The SMILES string of the molecule is CNC(=O)C1CCCN1c1nc(Cl)nc2[nH]ncc12. The summed E-state index contributed by atoms with van der Waals surface area (Å²) in [4.78, 5) is 22.2. The summed E-state index contributed by atoms with van der Waals surface area (Å²) in [7, 11) is 1.64. The summed E-state index contributed by atoms with van der Waals surface area (Å²) >= 11 is 5.92. The number of aromatic nitrogens is 4. The van der Waals surface area contributed by atoms with Gasteiger partial charge in [-0.05, 0) is 24.4 Å². The van der Waals surface area contributed by atoms with Crippen molar-refractivity contribution in [2.45, 2.75) is 18.9 Å². The molecule has 0 radical (unpaired) electrons. The van der Waals surface area contributed by atoms with Crippen LogP contribution in [0.15, 0.2) is 6.20 Å².